The minimum atomic E-state index is -0.688. The Morgan fingerprint density at radius 3 is 2.56 bits per heavy atom. The summed E-state index contributed by atoms with van der Waals surface area (Å²) in [5.74, 6) is 5.30. The highest BCUT2D eigenvalue weighted by atomic mass is 16.5. The average Bonchev–Trinajstić information content (AvgIpc) is 2.46. The summed E-state index contributed by atoms with van der Waals surface area (Å²) in [6.07, 6.45) is 6.53. The third-order valence-corrected chi connectivity index (χ3v) is 2.59. The number of rotatable bonds is 4. The van der Waals surface area contributed by atoms with Crippen molar-refractivity contribution in [2.45, 2.75) is 6.10 Å². The van der Waals surface area contributed by atoms with Crippen molar-refractivity contribution in [3.05, 3.63) is 54.9 Å². The maximum atomic E-state index is 11.8. The zero-order valence-electron chi connectivity index (χ0n) is 9.74. The van der Waals surface area contributed by atoms with E-state index >= 15 is 0 Å². The summed E-state index contributed by atoms with van der Waals surface area (Å²) in [4.78, 5) is 11.8. The van der Waals surface area contributed by atoms with Crippen molar-refractivity contribution in [2.24, 2.45) is 11.8 Å². The van der Waals surface area contributed by atoms with Gasteiger partial charge in [0, 0.05) is 5.92 Å². The number of dihydropyridines is 1. The molecule has 1 aliphatic heterocycles. The lowest BCUT2D eigenvalue weighted by molar-refractivity contribution is -0.129. The largest absolute Gasteiger partial charge is 0.480 e. The molecule has 5 nitrogen and oxygen atoms in total. The minimum absolute atomic E-state index is 0.157. The number of carbonyl (C=O) groups excluding carboxylic acids is 1. The van der Waals surface area contributed by atoms with Crippen LogP contribution in [0.1, 0.15) is 0 Å². The number of hydrazine groups is 1. The van der Waals surface area contributed by atoms with E-state index in [0.717, 1.165) is 0 Å². The number of benzene rings is 1. The zero-order chi connectivity index (χ0) is 12.8. The van der Waals surface area contributed by atoms with Gasteiger partial charge in [-0.15, -0.1) is 0 Å². The molecule has 1 atom stereocenters. The summed E-state index contributed by atoms with van der Waals surface area (Å²) >= 11 is 0. The van der Waals surface area contributed by atoms with Crippen molar-refractivity contribution < 1.29 is 9.53 Å². The maximum Gasteiger partial charge on any atom is 0.275 e. The van der Waals surface area contributed by atoms with Gasteiger partial charge in [-0.2, -0.15) is 0 Å². The van der Waals surface area contributed by atoms with E-state index in [2.05, 4.69) is 10.7 Å². The molecule has 0 aromatic heterocycles. The molecule has 0 bridgehead atoms. The summed E-state index contributed by atoms with van der Waals surface area (Å²) in [7, 11) is 0. The van der Waals surface area contributed by atoms with Crippen LogP contribution < -0.4 is 21.3 Å². The van der Waals surface area contributed by atoms with Crippen molar-refractivity contribution in [3.63, 3.8) is 0 Å². The molecule has 4 N–H and O–H groups in total. The van der Waals surface area contributed by atoms with Gasteiger partial charge in [0.25, 0.3) is 5.91 Å². The lowest BCUT2D eigenvalue weighted by Gasteiger charge is -2.23. The summed E-state index contributed by atoms with van der Waals surface area (Å²) in [5, 5.41) is 2.91. The van der Waals surface area contributed by atoms with E-state index in [9.17, 15) is 4.79 Å². The molecule has 1 heterocycles. The van der Waals surface area contributed by atoms with Crippen molar-refractivity contribution >= 4 is 5.91 Å². The topological polar surface area (TPSA) is 76.4 Å². The van der Waals surface area contributed by atoms with Crippen molar-refractivity contribution in [1.29, 1.82) is 0 Å². The van der Waals surface area contributed by atoms with E-state index in [1.54, 1.807) is 24.5 Å². The van der Waals surface area contributed by atoms with E-state index in [0.29, 0.717) is 5.75 Å². The highest BCUT2D eigenvalue weighted by Gasteiger charge is 2.27. The molecule has 0 fully saturated rings. The smallest absolute Gasteiger partial charge is 0.275 e. The van der Waals surface area contributed by atoms with Gasteiger partial charge >= 0.3 is 0 Å². The van der Waals surface area contributed by atoms with Crippen LogP contribution in [-0.4, -0.2) is 12.0 Å². The van der Waals surface area contributed by atoms with E-state index in [4.69, 9.17) is 10.6 Å². The summed E-state index contributed by atoms with van der Waals surface area (Å²) in [6.45, 7) is 0. The number of amides is 1. The van der Waals surface area contributed by atoms with Crippen molar-refractivity contribution in [1.82, 2.24) is 10.7 Å². The van der Waals surface area contributed by atoms with Crippen LogP contribution >= 0.6 is 0 Å². The first kappa shape index (κ1) is 12.2. The lowest BCUT2D eigenvalue weighted by atomic mass is 10.0. The Labute approximate surface area is 105 Å². The van der Waals surface area contributed by atoms with Gasteiger partial charge in [0.1, 0.15) is 5.75 Å². The Hall–Kier alpha value is -2.27. The maximum absolute atomic E-state index is 11.8. The Kier molecular flexibility index (Phi) is 3.98. The van der Waals surface area contributed by atoms with Crippen LogP contribution in [0.4, 0.5) is 0 Å². The molecule has 1 aliphatic rings. The molecule has 2 rings (SSSR count). The van der Waals surface area contributed by atoms with Crippen molar-refractivity contribution in [3.8, 4) is 5.75 Å². The number of hydrogen-bond donors (Lipinski definition) is 3. The van der Waals surface area contributed by atoms with Crippen LogP contribution in [0.2, 0.25) is 0 Å². The van der Waals surface area contributed by atoms with Gasteiger partial charge in [-0.3, -0.25) is 10.2 Å². The normalized spacial score (nSPS) is 15.8. The van der Waals surface area contributed by atoms with Gasteiger partial charge < -0.3 is 10.1 Å². The second-order valence-electron chi connectivity index (χ2n) is 3.82. The average molecular weight is 245 g/mol. The molecule has 0 saturated heterocycles. The number of nitrogens with one attached hydrogen (secondary N) is 2. The molecule has 5 heteroatoms. The second-order valence-corrected chi connectivity index (χ2v) is 3.82. The quantitative estimate of drug-likeness (QED) is 0.414. The van der Waals surface area contributed by atoms with E-state index in [1.807, 2.05) is 30.4 Å². The first-order valence-electron chi connectivity index (χ1n) is 5.63. The van der Waals surface area contributed by atoms with Gasteiger partial charge in [0.15, 0.2) is 6.10 Å². The molecule has 0 radical (unpaired) electrons. The number of carbonyl (C=O) groups is 1. The standard InChI is InChI=1S/C13H15N3O2/c14-16-13(17)12(10-6-8-15-9-7-10)18-11-4-2-1-3-5-11/h1-10,12,15H,14H2,(H,16,17). The fraction of sp³-hybridized carbons (Fsp3) is 0.154. The first-order valence-corrected chi connectivity index (χ1v) is 5.63. The molecule has 1 aromatic carbocycles. The molecule has 0 saturated carbocycles. The van der Waals surface area contributed by atoms with Gasteiger partial charge in [0.2, 0.25) is 0 Å². The summed E-state index contributed by atoms with van der Waals surface area (Å²) in [6, 6.07) is 9.17. The molecule has 0 aliphatic carbocycles. The highest BCUT2D eigenvalue weighted by molar-refractivity contribution is 5.81. The molecule has 18 heavy (non-hydrogen) atoms. The van der Waals surface area contributed by atoms with Gasteiger partial charge in [-0.1, -0.05) is 30.4 Å². The Bertz CT molecular complexity index is 445. The third kappa shape index (κ3) is 2.89. The third-order valence-electron chi connectivity index (χ3n) is 2.59. The van der Waals surface area contributed by atoms with Crippen LogP contribution in [0.25, 0.3) is 0 Å². The van der Waals surface area contributed by atoms with Crippen LogP contribution in [0.3, 0.4) is 0 Å². The van der Waals surface area contributed by atoms with Crippen LogP contribution in [0, 0.1) is 5.92 Å². The predicted molar refractivity (Wildman–Crippen MR) is 68.1 cm³/mol. The van der Waals surface area contributed by atoms with Gasteiger partial charge in [-0.05, 0) is 24.5 Å². The fourth-order valence-corrected chi connectivity index (χ4v) is 1.69. The highest BCUT2D eigenvalue weighted by Crippen LogP contribution is 2.18. The Morgan fingerprint density at radius 2 is 1.94 bits per heavy atom. The number of nitrogens with two attached hydrogens (primary N) is 1. The van der Waals surface area contributed by atoms with E-state index in [-0.39, 0.29) is 11.8 Å². The fourth-order valence-electron chi connectivity index (χ4n) is 1.69. The SMILES string of the molecule is NNC(=O)C(Oc1ccccc1)C1C=CNC=C1. The summed E-state index contributed by atoms with van der Waals surface area (Å²) in [5.41, 5.74) is 2.13. The van der Waals surface area contributed by atoms with Gasteiger partial charge in [-0.25, -0.2) is 5.84 Å². The predicted octanol–water partition coefficient (Wildman–Crippen LogP) is 0.671. The lowest BCUT2D eigenvalue weighted by Crippen LogP contribution is -2.45. The number of ether oxygens (including phenoxy) is 1. The Morgan fingerprint density at radius 1 is 1.28 bits per heavy atom. The van der Waals surface area contributed by atoms with Crippen LogP contribution in [-0.2, 0) is 4.79 Å². The molecular formula is C13H15N3O2. The van der Waals surface area contributed by atoms with Crippen LogP contribution in [0.15, 0.2) is 54.9 Å². The first-order chi connectivity index (χ1) is 8.81. The van der Waals surface area contributed by atoms with E-state index < -0.39 is 6.10 Å². The zero-order valence-corrected chi connectivity index (χ0v) is 9.74. The number of hydrogen-bond acceptors (Lipinski definition) is 4. The van der Waals surface area contributed by atoms with E-state index in [1.165, 1.54) is 0 Å². The number of para-hydroxylation sites is 1. The minimum Gasteiger partial charge on any atom is -0.480 e. The molecule has 94 valence electrons. The van der Waals surface area contributed by atoms with Crippen molar-refractivity contribution in [2.75, 3.05) is 0 Å². The van der Waals surface area contributed by atoms with Gasteiger partial charge in [0.05, 0.1) is 0 Å². The second kappa shape index (κ2) is 5.88. The molecule has 1 amide bonds. The molecule has 1 unspecified atom stereocenters. The van der Waals surface area contributed by atoms with Crippen LogP contribution in [0.5, 0.6) is 5.75 Å². The molecule has 1 aromatic rings. The molecule has 0 spiro atoms. The summed E-state index contributed by atoms with van der Waals surface area (Å²) < 4.78 is 5.68. The Balaban J connectivity index is 2.15. The molecular weight excluding hydrogens is 230 g/mol. The monoisotopic (exact) mass is 245 g/mol.